The van der Waals surface area contributed by atoms with Gasteiger partial charge in [0, 0.05) is 68.2 Å². The summed E-state index contributed by atoms with van der Waals surface area (Å²) in [5, 5.41) is 10.2. The van der Waals surface area contributed by atoms with Crippen molar-refractivity contribution in [3.8, 4) is 5.69 Å². The van der Waals surface area contributed by atoms with Crippen LogP contribution in [0.3, 0.4) is 0 Å². The molecular formula is C46H28N2S2. The van der Waals surface area contributed by atoms with Crippen molar-refractivity contribution in [2.45, 2.75) is 0 Å². The fourth-order valence-electron chi connectivity index (χ4n) is 7.92. The van der Waals surface area contributed by atoms with Crippen LogP contribution in [0, 0.1) is 0 Å². The second-order valence-corrected chi connectivity index (χ2v) is 15.1. The summed E-state index contributed by atoms with van der Waals surface area (Å²) >= 11 is 3.74. The van der Waals surface area contributed by atoms with Crippen LogP contribution in [-0.4, -0.2) is 4.57 Å². The molecule has 50 heavy (non-hydrogen) atoms. The monoisotopic (exact) mass is 672 g/mol. The Morgan fingerprint density at radius 2 is 1.00 bits per heavy atom. The second-order valence-electron chi connectivity index (χ2n) is 13.0. The van der Waals surface area contributed by atoms with Crippen LogP contribution in [0.2, 0.25) is 0 Å². The SMILES string of the molecule is c1ccc(-n2c3ccccc3c3c(N(c4ccc5cc6c(cc5c4)sc4ccccc46)c4ccc5sc6ccccc6c5c4)cccc32)cc1. The summed E-state index contributed by atoms with van der Waals surface area (Å²) in [7, 11) is 0. The second kappa shape index (κ2) is 10.8. The molecule has 0 aliphatic rings. The highest BCUT2D eigenvalue weighted by Gasteiger charge is 2.22. The zero-order valence-electron chi connectivity index (χ0n) is 26.9. The smallest absolute Gasteiger partial charge is 0.0562 e. The molecule has 4 heteroatoms. The number of rotatable bonds is 4. The Bertz CT molecular complexity index is 3110. The molecule has 11 rings (SSSR count). The number of benzene rings is 8. The van der Waals surface area contributed by atoms with Crippen LogP contribution >= 0.6 is 22.7 Å². The molecule has 3 heterocycles. The lowest BCUT2D eigenvalue weighted by Gasteiger charge is -2.27. The van der Waals surface area contributed by atoms with Gasteiger partial charge in [-0.3, -0.25) is 0 Å². The van der Waals surface area contributed by atoms with E-state index in [9.17, 15) is 0 Å². The summed E-state index contributed by atoms with van der Waals surface area (Å²) < 4.78 is 7.68. The van der Waals surface area contributed by atoms with E-state index in [1.807, 2.05) is 22.7 Å². The van der Waals surface area contributed by atoms with Gasteiger partial charge in [0.2, 0.25) is 0 Å². The zero-order chi connectivity index (χ0) is 32.8. The summed E-state index contributed by atoms with van der Waals surface area (Å²) in [6, 6.07) is 62.5. The summed E-state index contributed by atoms with van der Waals surface area (Å²) in [5.41, 5.74) is 7.00. The van der Waals surface area contributed by atoms with E-state index in [2.05, 4.69) is 179 Å². The van der Waals surface area contributed by atoms with Crippen molar-refractivity contribution in [2.24, 2.45) is 0 Å². The van der Waals surface area contributed by atoms with Crippen molar-refractivity contribution in [3.63, 3.8) is 0 Å². The van der Waals surface area contributed by atoms with Gasteiger partial charge in [0.15, 0.2) is 0 Å². The average Bonchev–Trinajstić information content (AvgIpc) is 3.84. The topological polar surface area (TPSA) is 8.17 Å². The Balaban J connectivity index is 1.21. The molecule has 0 unspecified atom stereocenters. The van der Waals surface area contributed by atoms with E-state index >= 15 is 0 Å². The van der Waals surface area contributed by atoms with Crippen LogP contribution < -0.4 is 4.90 Å². The molecule has 2 nitrogen and oxygen atoms in total. The molecule has 0 atom stereocenters. The Morgan fingerprint density at radius 1 is 0.380 bits per heavy atom. The summed E-state index contributed by atoms with van der Waals surface area (Å²) in [4.78, 5) is 2.48. The summed E-state index contributed by atoms with van der Waals surface area (Å²) in [5.74, 6) is 0. The first kappa shape index (κ1) is 28.0. The number of aromatic nitrogens is 1. The Morgan fingerprint density at radius 3 is 1.82 bits per heavy atom. The first-order valence-electron chi connectivity index (χ1n) is 16.9. The molecule has 0 N–H and O–H groups in total. The minimum Gasteiger partial charge on any atom is -0.310 e. The highest BCUT2D eigenvalue weighted by atomic mass is 32.1. The van der Waals surface area contributed by atoms with Gasteiger partial charge in [-0.2, -0.15) is 0 Å². The van der Waals surface area contributed by atoms with Gasteiger partial charge in [0.05, 0.1) is 16.7 Å². The Hall–Kier alpha value is -5.94. The van der Waals surface area contributed by atoms with E-state index in [1.165, 1.54) is 72.9 Å². The molecule has 0 spiro atoms. The van der Waals surface area contributed by atoms with E-state index in [0.29, 0.717) is 0 Å². The lowest BCUT2D eigenvalue weighted by molar-refractivity contribution is 1.18. The third kappa shape index (κ3) is 4.13. The van der Waals surface area contributed by atoms with Crippen molar-refractivity contribution in [2.75, 3.05) is 4.90 Å². The number of hydrogen-bond donors (Lipinski definition) is 0. The molecule has 0 amide bonds. The van der Waals surface area contributed by atoms with Crippen LogP contribution in [0.1, 0.15) is 0 Å². The Labute approximate surface area is 296 Å². The van der Waals surface area contributed by atoms with E-state index in [0.717, 1.165) is 22.7 Å². The molecule has 11 aromatic rings. The van der Waals surface area contributed by atoms with Crippen LogP contribution in [0.15, 0.2) is 170 Å². The van der Waals surface area contributed by atoms with E-state index < -0.39 is 0 Å². The minimum absolute atomic E-state index is 1.14. The highest BCUT2D eigenvalue weighted by molar-refractivity contribution is 7.26. The number of anilines is 3. The molecule has 0 radical (unpaired) electrons. The lowest BCUT2D eigenvalue weighted by Crippen LogP contribution is -2.10. The van der Waals surface area contributed by atoms with Crippen LogP contribution in [0.5, 0.6) is 0 Å². The fraction of sp³-hybridized carbons (Fsp3) is 0. The maximum Gasteiger partial charge on any atom is 0.0562 e. The molecule has 234 valence electrons. The summed E-state index contributed by atoms with van der Waals surface area (Å²) in [6.45, 7) is 0. The minimum atomic E-state index is 1.14. The van der Waals surface area contributed by atoms with Gasteiger partial charge in [-0.1, -0.05) is 84.9 Å². The van der Waals surface area contributed by atoms with E-state index in [1.54, 1.807) is 0 Å². The third-order valence-corrected chi connectivity index (χ3v) is 12.4. The molecular weight excluding hydrogens is 645 g/mol. The number of hydrogen-bond acceptors (Lipinski definition) is 3. The van der Waals surface area contributed by atoms with Gasteiger partial charge in [-0.15, -0.1) is 22.7 Å². The van der Waals surface area contributed by atoms with Crippen molar-refractivity contribution in [1.29, 1.82) is 0 Å². The van der Waals surface area contributed by atoms with Gasteiger partial charge >= 0.3 is 0 Å². The predicted octanol–water partition coefficient (Wildman–Crippen LogP) is 14.1. The molecule has 0 aliphatic carbocycles. The summed E-state index contributed by atoms with van der Waals surface area (Å²) in [6.07, 6.45) is 0. The van der Waals surface area contributed by atoms with Crippen LogP contribution in [0.4, 0.5) is 17.1 Å². The normalized spacial score (nSPS) is 12.0. The largest absolute Gasteiger partial charge is 0.310 e. The quantitative estimate of drug-likeness (QED) is 0.181. The maximum absolute atomic E-state index is 2.48. The molecule has 3 aromatic heterocycles. The lowest BCUT2D eigenvalue weighted by atomic mass is 10.0. The number of fused-ring (bicyclic) bond motifs is 10. The molecule has 0 saturated carbocycles. The van der Waals surface area contributed by atoms with E-state index in [-0.39, 0.29) is 0 Å². The predicted molar refractivity (Wildman–Crippen MR) is 219 cm³/mol. The van der Waals surface area contributed by atoms with Crippen LogP contribution in [0.25, 0.3) is 78.6 Å². The first-order chi connectivity index (χ1) is 24.8. The third-order valence-electron chi connectivity index (χ3n) is 10.1. The molecule has 0 fully saturated rings. The van der Waals surface area contributed by atoms with Crippen molar-refractivity contribution in [3.05, 3.63) is 170 Å². The standard InChI is InChI=1S/C46H28N2S2/c1-2-11-31(12-3-1)48-39-16-7-4-15-36(39)46-40(17-10-18-41(46)48)47(33-23-24-44-38(28-33)35-14-6-8-19-42(35)49-44)32-22-21-29-26-37-34-13-5-9-20-43(34)50-45(37)27-30(29)25-32/h1-28H. The zero-order valence-corrected chi connectivity index (χ0v) is 28.5. The van der Waals surface area contributed by atoms with Crippen LogP contribution in [-0.2, 0) is 0 Å². The van der Waals surface area contributed by atoms with E-state index in [4.69, 9.17) is 0 Å². The number of para-hydroxylation sites is 2. The number of nitrogens with zero attached hydrogens (tertiary/aromatic N) is 2. The van der Waals surface area contributed by atoms with Crippen molar-refractivity contribution >= 4 is 113 Å². The van der Waals surface area contributed by atoms with Gasteiger partial charge < -0.3 is 9.47 Å². The highest BCUT2D eigenvalue weighted by Crippen LogP contribution is 2.46. The van der Waals surface area contributed by atoms with Gasteiger partial charge in [-0.05, 0) is 95.7 Å². The molecule has 0 aliphatic heterocycles. The molecule has 0 saturated heterocycles. The Kier molecular flexibility index (Phi) is 6.03. The van der Waals surface area contributed by atoms with Gasteiger partial charge in [-0.25, -0.2) is 0 Å². The van der Waals surface area contributed by atoms with Gasteiger partial charge in [0.1, 0.15) is 0 Å². The van der Waals surface area contributed by atoms with Crippen molar-refractivity contribution < 1.29 is 0 Å². The van der Waals surface area contributed by atoms with Crippen molar-refractivity contribution in [1.82, 2.24) is 4.57 Å². The maximum atomic E-state index is 2.48. The molecule has 8 aromatic carbocycles. The fourth-order valence-corrected chi connectivity index (χ4v) is 10.1. The first-order valence-corrected chi connectivity index (χ1v) is 18.6. The number of thiophene rings is 2. The average molecular weight is 673 g/mol. The molecule has 0 bridgehead atoms. The van der Waals surface area contributed by atoms with Gasteiger partial charge in [0.25, 0.3) is 0 Å².